The largest absolute Gasteiger partial charge is 0.480 e. The molecule has 6 nitrogen and oxygen atoms in total. The van der Waals surface area contributed by atoms with Gasteiger partial charge in [-0.2, -0.15) is 0 Å². The highest BCUT2D eigenvalue weighted by Gasteiger charge is 2.57. The number of carbonyl (C=O) groups excluding carboxylic acids is 1. The average molecular weight is 418 g/mol. The molecule has 2 fully saturated rings. The third kappa shape index (κ3) is 4.20. The molecule has 1 heterocycles. The first-order valence-corrected chi connectivity index (χ1v) is 11.0. The molecule has 4 atom stereocenters. The Bertz CT molecular complexity index is 799. The quantitative estimate of drug-likeness (QED) is 0.483. The maximum Gasteiger partial charge on any atom is 0.317 e. The summed E-state index contributed by atoms with van der Waals surface area (Å²) in [6, 6.07) is 1.97. The van der Waals surface area contributed by atoms with Gasteiger partial charge in [-0.05, 0) is 74.3 Å². The number of hydrogen-bond donors (Lipinski definition) is 2. The molecule has 1 aromatic rings. The molecule has 0 saturated heterocycles. The van der Waals surface area contributed by atoms with E-state index in [1.165, 1.54) is 12.7 Å². The monoisotopic (exact) mass is 417 g/mol. The van der Waals surface area contributed by atoms with Crippen molar-refractivity contribution >= 4 is 11.9 Å². The Morgan fingerprint density at radius 2 is 2.13 bits per heavy atom. The van der Waals surface area contributed by atoms with Gasteiger partial charge in [-0.15, -0.1) is 0 Å². The molecule has 1 aromatic heterocycles. The first-order valence-electron chi connectivity index (χ1n) is 11.0. The van der Waals surface area contributed by atoms with E-state index in [4.69, 9.17) is 14.3 Å². The number of rotatable bonds is 8. The molecule has 0 aromatic carbocycles. The Kier molecular flexibility index (Phi) is 6.75. The molecule has 4 unspecified atom stereocenters. The summed E-state index contributed by atoms with van der Waals surface area (Å²) in [6.45, 7) is 9.17. The van der Waals surface area contributed by atoms with Gasteiger partial charge in [0.25, 0.3) is 0 Å². The van der Waals surface area contributed by atoms with E-state index in [1.807, 2.05) is 6.07 Å². The van der Waals surface area contributed by atoms with Crippen LogP contribution in [0.25, 0.3) is 0 Å². The van der Waals surface area contributed by atoms with E-state index in [0.29, 0.717) is 18.4 Å². The summed E-state index contributed by atoms with van der Waals surface area (Å²) >= 11 is 0. The van der Waals surface area contributed by atoms with E-state index < -0.39 is 11.4 Å². The molecule has 0 aliphatic heterocycles. The highest BCUT2D eigenvalue weighted by Crippen LogP contribution is 2.62. The van der Waals surface area contributed by atoms with Crippen LogP contribution in [0, 0.1) is 22.7 Å². The van der Waals surface area contributed by atoms with Crippen molar-refractivity contribution in [3.8, 4) is 0 Å². The van der Waals surface area contributed by atoms with Crippen LogP contribution < -0.4 is 5.32 Å². The minimum Gasteiger partial charge on any atom is -0.480 e. The molecular formula is C24H35NO5. The number of carbonyl (C=O) groups is 2. The van der Waals surface area contributed by atoms with E-state index in [2.05, 4.69) is 25.7 Å². The van der Waals surface area contributed by atoms with Gasteiger partial charge in [0.15, 0.2) is 0 Å². The van der Waals surface area contributed by atoms with Gasteiger partial charge in [0.1, 0.15) is 5.76 Å². The number of esters is 1. The number of nitrogens with one attached hydrogen (secondary N) is 1. The van der Waals surface area contributed by atoms with E-state index >= 15 is 0 Å². The summed E-state index contributed by atoms with van der Waals surface area (Å²) < 4.78 is 10.8. The van der Waals surface area contributed by atoms with Crippen molar-refractivity contribution in [2.45, 2.75) is 65.3 Å². The van der Waals surface area contributed by atoms with Crippen molar-refractivity contribution < 1.29 is 23.8 Å². The van der Waals surface area contributed by atoms with E-state index in [0.717, 1.165) is 56.3 Å². The van der Waals surface area contributed by atoms with Crippen LogP contribution in [0.5, 0.6) is 0 Å². The van der Waals surface area contributed by atoms with Crippen LogP contribution in [-0.4, -0.2) is 30.7 Å². The summed E-state index contributed by atoms with van der Waals surface area (Å²) in [5.41, 5.74) is 2.00. The van der Waals surface area contributed by atoms with Crippen molar-refractivity contribution in [1.29, 1.82) is 0 Å². The maximum absolute atomic E-state index is 12.7. The Labute approximate surface area is 179 Å². The molecule has 30 heavy (non-hydrogen) atoms. The minimum absolute atomic E-state index is 0.0297. The number of aliphatic carboxylic acids is 1. The van der Waals surface area contributed by atoms with Crippen molar-refractivity contribution in [3.05, 3.63) is 35.8 Å². The highest BCUT2D eigenvalue weighted by molar-refractivity contribution is 5.77. The van der Waals surface area contributed by atoms with Gasteiger partial charge in [-0.1, -0.05) is 25.5 Å². The molecule has 2 saturated carbocycles. The molecule has 166 valence electrons. The van der Waals surface area contributed by atoms with Gasteiger partial charge in [0.05, 0.1) is 31.9 Å². The predicted octanol–water partition coefficient (Wildman–Crippen LogP) is 4.34. The normalized spacial score (nSPS) is 31.2. The number of furan rings is 1. The number of ether oxygens (including phenoxy) is 1. The zero-order valence-electron chi connectivity index (χ0n) is 18.5. The van der Waals surface area contributed by atoms with E-state index in [1.54, 1.807) is 6.26 Å². The molecule has 0 bridgehead atoms. The Hall–Kier alpha value is -2.08. The lowest BCUT2D eigenvalue weighted by atomic mass is 9.46. The molecule has 0 spiro atoms. The minimum atomic E-state index is -0.883. The van der Waals surface area contributed by atoms with Crippen molar-refractivity contribution in [1.82, 2.24) is 5.32 Å². The van der Waals surface area contributed by atoms with Crippen LogP contribution >= 0.6 is 0 Å². The van der Waals surface area contributed by atoms with Gasteiger partial charge < -0.3 is 14.3 Å². The molecule has 3 rings (SSSR count). The Morgan fingerprint density at radius 3 is 2.83 bits per heavy atom. The molecule has 2 aliphatic rings. The number of aryl methyl sites for hydroxylation is 1. The summed E-state index contributed by atoms with van der Waals surface area (Å²) in [5, 5.41) is 11.7. The second-order valence-corrected chi connectivity index (χ2v) is 9.48. The van der Waals surface area contributed by atoms with Gasteiger partial charge in [0.2, 0.25) is 0 Å². The lowest BCUT2D eigenvalue weighted by Gasteiger charge is -2.57. The second kappa shape index (κ2) is 8.96. The van der Waals surface area contributed by atoms with Crippen LogP contribution in [-0.2, 0) is 27.3 Å². The summed E-state index contributed by atoms with van der Waals surface area (Å²) in [7, 11) is 1.50. The van der Waals surface area contributed by atoms with E-state index in [9.17, 15) is 9.59 Å². The molecule has 6 heteroatoms. The zero-order chi connectivity index (χ0) is 21.9. The Balaban J connectivity index is 1.74. The number of carboxylic acids is 1. The Morgan fingerprint density at radius 1 is 1.37 bits per heavy atom. The van der Waals surface area contributed by atoms with Crippen LogP contribution in [0.2, 0.25) is 0 Å². The number of allylic oxidation sites excluding steroid dienone is 1. The smallest absolute Gasteiger partial charge is 0.317 e. The van der Waals surface area contributed by atoms with Crippen molar-refractivity contribution in [2.75, 3.05) is 13.7 Å². The second-order valence-electron chi connectivity index (χ2n) is 9.48. The van der Waals surface area contributed by atoms with Gasteiger partial charge >= 0.3 is 11.9 Å². The van der Waals surface area contributed by atoms with Gasteiger partial charge in [0, 0.05) is 0 Å². The molecule has 2 N–H and O–H groups in total. The standard InChI is InChI=1S/C24H35NO5/c1-16-6-9-20-23(2,11-5-12-24(20,3)22(28)29-4)18(16)8-7-17-10-13-30-19(17)14-25-15-21(26)27/h10,13,18,20,25H,1,5-9,11-12,14-15H2,2-4H3,(H,26,27). The number of methoxy groups -OCH3 is 1. The highest BCUT2D eigenvalue weighted by atomic mass is 16.5. The molecule has 0 amide bonds. The number of hydrogen-bond acceptors (Lipinski definition) is 5. The predicted molar refractivity (Wildman–Crippen MR) is 114 cm³/mol. The van der Waals surface area contributed by atoms with Gasteiger partial charge in [-0.25, -0.2) is 0 Å². The average Bonchev–Trinajstić information content (AvgIpc) is 3.13. The first kappa shape index (κ1) is 22.6. The van der Waals surface area contributed by atoms with Crippen molar-refractivity contribution in [2.24, 2.45) is 22.7 Å². The molecular weight excluding hydrogens is 382 g/mol. The lowest BCUT2D eigenvalue weighted by molar-refractivity contribution is -0.168. The fourth-order valence-electron chi connectivity index (χ4n) is 6.29. The SMILES string of the molecule is C=C1CCC2C(C)(C(=O)OC)CCCC2(C)C1CCc1ccoc1CNCC(=O)O. The molecule has 2 aliphatic carbocycles. The fourth-order valence-corrected chi connectivity index (χ4v) is 6.29. The van der Waals surface area contributed by atoms with Crippen LogP contribution in [0.15, 0.2) is 28.9 Å². The van der Waals surface area contributed by atoms with Crippen LogP contribution in [0.1, 0.15) is 63.7 Å². The topological polar surface area (TPSA) is 88.8 Å². The fraction of sp³-hybridized carbons (Fsp3) is 0.667. The van der Waals surface area contributed by atoms with E-state index in [-0.39, 0.29) is 17.9 Å². The number of fused-ring (bicyclic) bond motifs is 1. The molecule has 0 radical (unpaired) electrons. The summed E-state index contributed by atoms with van der Waals surface area (Å²) in [4.78, 5) is 23.4. The zero-order valence-corrected chi connectivity index (χ0v) is 18.5. The lowest BCUT2D eigenvalue weighted by Crippen LogP contribution is -2.53. The van der Waals surface area contributed by atoms with Crippen molar-refractivity contribution in [3.63, 3.8) is 0 Å². The number of carboxylic acid groups (broad SMARTS) is 1. The maximum atomic E-state index is 12.7. The van der Waals surface area contributed by atoms with Gasteiger partial charge in [-0.3, -0.25) is 14.9 Å². The third-order valence-electron chi connectivity index (χ3n) is 7.77. The first-order chi connectivity index (χ1) is 14.2. The van der Waals surface area contributed by atoms with Crippen LogP contribution in [0.3, 0.4) is 0 Å². The third-order valence-corrected chi connectivity index (χ3v) is 7.77. The summed E-state index contributed by atoms with van der Waals surface area (Å²) in [6.07, 6.45) is 8.44. The van der Waals surface area contributed by atoms with Crippen LogP contribution in [0.4, 0.5) is 0 Å². The summed E-state index contributed by atoms with van der Waals surface area (Å²) in [5.74, 6) is 0.471.